The molecule has 2 nitrogen and oxygen atoms in total. The van der Waals surface area contributed by atoms with Gasteiger partial charge < -0.3 is 0 Å². The first kappa shape index (κ1) is 15.2. The Morgan fingerprint density at radius 3 is 2.20 bits per heavy atom. The summed E-state index contributed by atoms with van der Waals surface area (Å²) in [5.41, 5.74) is -1.65. The van der Waals surface area contributed by atoms with Crippen molar-refractivity contribution >= 4 is 0 Å². The van der Waals surface area contributed by atoms with Crippen LogP contribution in [0.15, 0.2) is 18.3 Å². The minimum Gasteiger partial charge on any atom is -0.297 e. The van der Waals surface area contributed by atoms with E-state index in [2.05, 4.69) is 4.98 Å². The number of pyridine rings is 1. The minimum atomic E-state index is -4.61. The zero-order chi connectivity index (χ0) is 14.8. The number of alkyl halides is 5. The summed E-state index contributed by atoms with van der Waals surface area (Å²) in [6, 6.07) is 1.39. The Morgan fingerprint density at radius 1 is 1.05 bits per heavy atom. The third kappa shape index (κ3) is 3.65. The van der Waals surface area contributed by atoms with Gasteiger partial charge in [-0.1, -0.05) is 0 Å². The molecule has 0 spiro atoms. The zero-order valence-electron chi connectivity index (χ0n) is 10.6. The van der Waals surface area contributed by atoms with Gasteiger partial charge >= 0.3 is 6.18 Å². The lowest BCUT2D eigenvalue weighted by molar-refractivity contribution is -0.141. The van der Waals surface area contributed by atoms with Crippen LogP contribution in [0.25, 0.3) is 0 Å². The van der Waals surface area contributed by atoms with Crippen LogP contribution in [-0.2, 0) is 12.1 Å². The fourth-order valence-electron chi connectivity index (χ4n) is 2.11. The molecule has 1 aliphatic heterocycles. The van der Waals surface area contributed by atoms with Crippen LogP contribution in [-0.4, -0.2) is 29.5 Å². The topological polar surface area (TPSA) is 16.1 Å². The molecule has 20 heavy (non-hydrogen) atoms. The quantitative estimate of drug-likeness (QED) is 0.793. The summed E-state index contributed by atoms with van der Waals surface area (Å²) >= 11 is 0. The van der Waals surface area contributed by atoms with E-state index in [0.717, 1.165) is 18.9 Å². The second-order valence-corrected chi connectivity index (χ2v) is 4.78. The van der Waals surface area contributed by atoms with Crippen molar-refractivity contribution in [1.29, 1.82) is 0 Å². The van der Waals surface area contributed by atoms with Crippen LogP contribution in [0.3, 0.4) is 0 Å². The van der Waals surface area contributed by atoms with Crippen molar-refractivity contribution in [2.24, 2.45) is 0 Å². The van der Waals surface area contributed by atoms with Gasteiger partial charge in [0, 0.05) is 11.8 Å². The third-order valence-corrected chi connectivity index (χ3v) is 3.20. The maximum absolute atomic E-state index is 14.0. The molecule has 0 aliphatic carbocycles. The number of hydrogen-bond acceptors (Lipinski definition) is 2. The van der Waals surface area contributed by atoms with Gasteiger partial charge in [-0.2, -0.15) is 22.0 Å². The van der Waals surface area contributed by atoms with Crippen LogP contribution in [0.5, 0.6) is 0 Å². The van der Waals surface area contributed by atoms with Gasteiger partial charge in [0.1, 0.15) is 5.69 Å². The predicted octanol–water partition coefficient (Wildman–Crippen LogP) is 3.49. The molecular weight excluding hydrogens is 279 g/mol. The Bertz CT molecular complexity index is 435. The first-order chi connectivity index (χ1) is 9.29. The van der Waals surface area contributed by atoms with Crippen LogP contribution >= 0.6 is 0 Å². The Hall–Kier alpha value is -1.24. The molecule has 2 rings (SSSR count). The van der Waals surface area contributed by atoms with Crippen LogP contribution in [0.1, 0.15) is 24.1 Å². The highest BCUT2D eigenvalue weighted by atomic mass is 19.4. The van der Waals surface area contributed by atoms with Crippen LogP contribution < -0.4 is 0 Å². The number of hydrogen-bond donors (Lipinski definition) is 0. The van der Waals surface area contributed by atoms with E-state index >= 15 is 0 Å². The van der Waals surface area contributed by atoms with E-state index in [4.69, 9.17) is 0 Å². The largest absolute Gasteiger partial charge is 0.433 e. The van der Waals surface area contributed by atoms with Crippen LogP contribution in [0.2, 0.25) is 0 Å². The molecule has 0 aromatic carbocycles. The lowest BCUT2D eigenvalue weighted by atomic mass is 10.1. The second kappa shape index (κ2) is 5.63. The molecule has 7 heteroatoms. The fourth-order valence-corrected chi connectivity index (χ4v) is 2.11. The molecule has 1 fully saturated rings. The van der Waals surface area contributed by atoms with Gasteiger partial charge in [0.2, 0.25) is 0 Å². The highest BCUT2D eigenvalue weighted by Gasteiger charge is 2.37. The summed E-state index contributed by atoms with van der Waals surface area (Å²) in [7, 11) is 0. The normalized spacial score (nSPS) is 18.2. The van der Waals surface area contributed by atoms with Crippen LogP contribution in [0, 0.1) is 6.42 Å². The molecule has 0 unspecified atom stereocenters. The summed E-state index contributed by atoms with van der Waals surface area (Å²) in [5, 5.41) is 0. The Labute approximate surface area is 113 Å². The molecule has 111 valence electrons. The maximum atomic E-state index is 14.0. The Balaban J connectivity index is 2.08. The average Bonchev–Trinajstić information content (AvgIpc) is 2.38. The number of piperidine rings is 1. The molecule has 0 saturated carbocycles. The maximum Gasteiger partial charge on any atom is 0.433 e. The number of rotatable bonds is 3. The van der Waals surface area contributed by atoms with E-state index in [0.29, 0.717) is 25.4 Å². The molecule has 1 aromatic heterocycles. The first-order valence-corrected chi connectivity index (χ1v) is 6.24. The summed E-state index contributed by atoms with van der Waals surface area (Å²) < 4.78 is 65.0. The number of halogens is 5. The Kier molecular flexibility index (Phi) is 4.27. The monoisotopic (exact) mass is 293 g/mol. The Morgan fingerprint density at radius 2 is 1.70 bits per heavy atom. The second-order valence-electron chi connectivity index (χ2n) is 4.78. The van der Waals surface area contributed by atoms with Gasteiger partial charge in [-0.15, -0.1) is 0 Å². The van der Waals surface area contributed by atoms with E-state index in [9.17, 15) is 22.0 Å². The predicted molar refractivity (Wildman–Crippen MR) is 63.1 cm³/mol. The van der Waals surface area contributed by atoms with Crippen molar-refractivity contribution in [1.82, 2.24) is 9.88 Å². The molecule has 1 aliphatic rings. The summed E-state index contributed by atoms with van der Waals surface area (Å²) in [5.74, 6) is -3.20. The van der Waals surface area contributed by atoms with E-state index < -0.39 is 29.9 Å². The lowest BCUT2D eigenvalue weighted by Gasteiger charge is -2.30. The van der Waals surface area contributed by atoms with Crippen molar-refractivity contribution in [2.45, 2.75) is 24.9 Å². The zero-order valence-corrected chi connectivity index (χ0v) is 10.6. The molecule has 1 radical (unpaired) electrons. The molecule has 0 atom stereocenters. The fraction of sp³-hybridized carbons (Fsp3) is 0.538. The van der Waals surface area contributed by atoms with E-state index in [1.807, 2.05) is 6.42 Å². The van der Waals surface area contributed by atoms with Crippen molar-refractivity contribution in [3.05, 3.63) is 36.0 Å². The van der Waals surface area contributed by atoms with E-state index in [1.165, 1.54) is 0 Å². The molecule has 0 amide bonds. The molecule has 1 saturated heterocycles. The van der Waals surface area contributed by atoms with Crippen LogP contribution in [0.4, 0.5) is 22.0 Å². The highest BCUT2D eigenvalue weighted by Crippen LogP contribution is 2.32. The van der Waals surface area contributed by atoms with E-state index in [1.54, 1.807) is 4.90 Å². The van der Waals surface area contributed by atoms with Gasteiger partial charge in [0.25, 0.3) is 5.92 Å². The summed E-state index contributed by atoms with van der Waals surface area (Å²) in [6.45, 7) is 0.598. The lowest BCUT2D eigenvalue weighted by Crippen LogP contribution is -2.38. The average molecular weight is 293 g/mol. The summed E-state index contributed by atoms with van der Waals surface area (Å²) in [6.07, 6.45) is -0.466. The smallest absolute Gasteiger partial charge is 0.297 e. The van der Waals surface area contributed by atoms with Gasteiger partial charge in [0.05, 0.1) is 6.54 Å². The number of nitrogens with zero attached hydrogens (tertiary/aromatic N) is 2. The standard InChI is InChI=1S/C13H14F5N2/c14-12(15,9-20-6-2-1-3-7-20)10-4-5-11(19-8-10)13(16,17)18/h1,4-5,8H,2-3,6-7,9H2. The van der Waals surface area contributed by atoms with Crippen molar-refractivity contribution in [3.8, 4) is 0 Å². The summed E-state index contributed by atoms with van der Waals surface area (Å²) in [4.78, 5) is 4.69. The van der Waals surface area contributed by atoms with Gasteiger partial charge in [-0.05, 0) is 44.5 Å². The molecule has 2 heterocycles. The minimum absolute atomic E-state index is 0.486. The molecule has 0 N–H and O–H groups in total. The third-order valence-electron chi connectivity index (χ3n) is 3.20. The van der Waals surface area contributed by atoms with Crippen molar-refractivity contribution < 1.29 is 22.0 Å². The van der Waals surface area contributed by atoms with E-state index in [-0.39, 0.29) is 0 Å². The van der Waals surface area contributed by atoms with Crippen molar-refractivity contribution in [2.75, 3.05) is 19.6 Å². The van der Waals surface area contributed by atoms with Gasteiger partial charge in [-0.25, -0.2) is 0 Å². The molecule has 0 bridgehead atoms. The SMILES string of the molecule is FC(F)(F)c1ccc(C(F)(F)CN2CC[CH]CC2)cn1. The number of likely N-dealkylation sites (tertiary alicyclic amines) is 1. The first-order valence-electron chi connectivity index (χ1n) is 6.24. The molecular formula is C13H14F5N2. The number of aromatic nitrogens is 1. The molecule has 1 aromatic rings. The van der Waals surface area contributed by atoms with Gasteiger partial charge in [-0.3, -0.25) is 9.88 Å². The van der Waals surface area contributed by atoms with Crippen molar-refractivity contribution in [3.63, 3.8) is 0 Å². The van der Waals surface area contributed by atoms with Gasteiger partial charge in [0.15, 0.2) is 0 Å². The highest BCUT2D eigenvalue weighted by molar-refractivity contribution is 5.20.